The van der Waals surface area contributed by atoms with Gasteiger partial charge in [-0.1, -0.05) is 31.9 Å². The number of hydrogen-bond acceptors (Lipinski definition) is 4. The van der Waals surface area contributed by atoms with Crippen molar-refractivity contribution in [2.75, 3.05) is 6.54 Å². The Bertz CT molecular complexity index is 685. The molecule has 1 saturated carbocycles. The molecule has 118 valence electrons. The van der Waals surface area contributed by atoms with Gasteiger partial charge in [0.1, 0.15) is 5.52 Å². The molecule has 3 rings (SSSR count). The van der Waals surface area contributed by atoms with Gasteiger partial charge in [-0.2, -0.15) is 0 Å². The average molecular weight is 301 g/mol. The van der Waals surface area contributed by atoms with E-state index in [0.717, 1.165) is 0 Å². The first-order valence-corrected chi connectivity index (χ1v) is 7.91. The maximum Gasteiger partial charge on any atom is 0.252 e. The topological polar surface area (TPSA) is 72.7 Å². The molecule has 0 radical (unpaired) electrons. The van der Waals surface area contributed by atoms with Crippen LogP contribution in [0.5, 0.6) is 0 Å². The second kappa shape index (κ2) is 5.66. The fourth-order valence-corrected chi connectivity index (χ4v) is 3.31. The molecular formula is C16H23N5O. The lowest BCUT2D eigenvalue weighted by Crippen LogP contribution is -2.37. The molecule has 2 aromatic rings. The van der Waals surface area contributed by atoms with E-state index in [9.17, 15) is 4.79 Å². The smallest absolute Gasteiger partial charge is 0.252 e. The third-order valence-corrected chi connectivity index (χ3v) is 4.87. The molecule has 22 heavy (non-hydrogen) atoms. The first-order chi connectivity index (χ1) is 10.5. The van der Waals surface area contributed by atoms with E-state index in [-0.39, 0.29) is 11.3 Å². The highest BCUT2D eigenvalue weighted by Crippen LogP contribution is 2.39. The van der Waals surface area contributed by atoms with Crippen molar-refractivity contribution in [3.05, 3.63) is 17.8 Å². The molecule has 0 aromatic carbocycles. The van der Waals surface area contributed by atoms with Gasteiger partial charge in [0, 0.05) is 19.8 Å². The number of rotatable bonds is 4. The van der Waals surface area contributed by atoms with Crippen molar-refractivity contribution in [2.24, 2.45) is 18.4 Å². The Labute approximate surface area is 130 Å². The van der Waals surface area contributed by atoms with Crippen LogP contribution < -0.4 is 5.32 Å². The van der Waals surface area contributed by atoms with Gasteiger partial charge < -0.3 is 5.32 Å². The minimum atomic E-state index is -0.0916. The fraction of sp³-hybridized carbons (Fsp3) is 0.625. The molecule has 0 spiro atoms. The quantitative estimate of drug-likeness (QED) is 0.940. The van der Waals surface area contributed by atoms with Crippen molar-refractivity contribution >= 4 is 17.1 Å². The van der Waals surface area contributed by atoms with E-state index in [2.05, 4.69) is 34.5 Å². The van der Waals surface area contributed by atoms with E-state index < -0.39 is 0 Å². The fourth-order valence-electron chi connectivity index (χ4n) is 3.31. The van der Waals surface area contributed by atoms with Crippen molar-refractivity contribution in [1.82, 2.24) is 25.3 Å². The number of nitrogens with one attached hydrogen (secondary N) is 1. The second-order valence-corrected chi connectivity index (χ2v) is 6.93. The Morgan fingerprint density at radius 1 is 1.41 bits per heavy atom. The zero-order chi connectivity index (χ0) is 15.7. The molecule has 1 aliphatic carbocycles. The van der Waals surface area contributed by atoms with Crippen LogP contribution in [0, 0.1) is 11.3 Å². The van der Waals surface area contributed by atoms with Crippen LogP contribution in [0.25, 0.3) is 11.2 Å². The normalized spacial score (nSPS) is 16.3. The minimum Gasteiger partial charge on any atom is -0.351 e. The summed E-state index contributed by atoms with van der Waals surface area (Å²) >= 11 is 0. The van der Waals surface area contributed by atoms with Gasteiger partial charge in [-0.25, -0.2) is 9.67 Å². The maximum absolute atomic E-state index is 12.4. The summed E-state index contributed by atoms with van der Waals surface area (Å²) in [5.74, 6) is 0.611. The Kier molecular flexibility index (Phi) is 3.85. The molecule has 2 aromatic heterocycles. The number of pyridine rings is 1. The van der Waals surface area contributed by atoms with Crippen molar-refractivity contribution in [3.63, 3.8) is 0 Å². The summed E-state index contributed by atoms with van der Waals surface area (Å²) in [6.45, 7) is 5.18. The summed E-state index contributed by atoms with van der Waals surface area (Å²) in [4.78, 5) is 16.6. The van der Waals surface area contributed by atoms with Crippen molar-refractivity contribution in [1.29, 1.82) is 0 Å². The first kappa shape index (κ1) is 14.9. The molecular weight excluding hydrogens is 278 g/mol. The molecule has 0 atom stereocenters. The molecule has 1 fully saturated rings. The highest BCUT2D eigenvalue weighted by Gasteiger charge is 2.32. The van der Waals surface area contributed by atoms with E-state index in [0.29, 0.717) is 29.2 Å². The third kappa shape index (κ3) is 2.82. The predicted molar refractivity (Wildman–Crippen MR) is 84.4 cm³/mol. The minimum absolute atomic E-state index is 0.0916. The SMILES string of the molecule is Cn1nnc2cc(C(=O)NCC(C)(C)C3CCCC3)cnc21. The molecule has 0 bridgehead atoms. The van der Waals surface area contributed by atoms with Crippen LogP contribution in [0.15, 0.2) is 12.3 Å². The van der Waals surface area contributed by atoms with Crippen LogP contribution in [-0.2, 0) is 7.05 Å². The summed E-state index contributed by atoms with van der Waals surface area (Å²) in [6.07, 6.45) is 6.76. The number of fused-ring (bicyclic) bond motifs is 1. The predicted octanol–water partition coefficient (Wildman–Crippen LogP) is 2.31. The number of carbonyl (C=O) groups excluding carboxylic acids is 1. The number of nitrogens with zero attached hydrogens (tertiary/aromatic N) is 4. The number of carbonyl (C=O) groups is 1. The Hall–Kier alpha value is -1.98. The van der Waals surface area contributed by atoms with Gasteiger partial charge in [0.25, 0.3) is 5.91 Å². The first-order valence-electron chi connectivity index (χ1n) is 7.91. The molecule has 6 nitrogen and oxygen atoms in total. The molecule has 0 aliphatic heterocycles. The summed E-state index contributed by atoms with van der Waals surface area (Å²) < 4.78 is 1.60. The van der Waals surface area contributed by atoms with Crippen LogP contribution >= 0.6 is 0 Å². The molecule has 2 heterocycles. The van der Waals surface area contributed by atoms with Gasteiger partial charge in [-0.3, -0.25) is 4.79 Å². The lowest BCUT2D eigenvalue weighted by molar-refractivity contribution is 0.0918. The van der Waals surface area contributed by atoms with E-state index in [1.54, 1.807) is 24.0 Å². The summed E-state index contributed by atoms with van der Waals surface area (Å²) in [5, 5.41) is 11.0. The van der Waals surface area contributed by atoms with Crippen LogP contribution in [0.3, 0.4) is 0 Å². The molecule has 1 amide bonds. The number of aromatic nitrogens is 4. The number of hydrogen-bond donors (Lipinski definition) is 1. The average Bonchev–Trinajstić information content (AvgIpc) is 3.15. The molecule has 1 aliphatic rings. The van der Waals surface area contributed by atoms with Crippen molar-refractivity contribution < 1.29 is 4.79 Å². The monoisotopic (exact) mass is 301 g/mol. The van der Waals surface area contributed by atoms with Gasteiger partial charge in [-0.15, -0.1) is 5.10 Å². The molecule has 1 N–H and O–H groups in total. The number of aryl methyl sites for hydroxylation is 1. The highest BCUT2D eigenvalue weighted by atomic mass is 16.1. The van der Waals surface area contributed by atoms with Gasteiger partial charge >= 0.3 is 0 Å². The Morgan fingerprint density at radius 3 is 2.86 bits per heavy atom. The number of amides is 1. The summed E-state index contributed by atoms with van der Waals surface area (Å²) in [6, 6.07) is 1.74. The van der Waals surface area contributed by atoms with E-state index in [4.69, 9.17) is 0 Å². The second-order valence-electron chi connectivity index (χ2n) is 6.93. The Balaban J connectivity index is 1.67. The standard InChI is InChI=1S/C16H23N5O/c1-16(2,12-6-4-5-7-12)10-18-15(22)11-8-13-14(17-9-11)21(3)20-19-13/h8-9,12H,4-7,10H2,1-3H3,(H,18,22). The van der Waals surface area contributed by atoms with Crippen LogP contribution in [0.2, 0.25) is 0 Å². The van der Waals surface area contributed by atoms with Crippen molar-refractivity contribution in [2.45, 2.75) is 39.5 Å². The van der Waals surface area contributed by atoms with Gasteiger partial charge in [0.15, 0.2) is 5.65 Å². The molecule has 6 heteroatoms. The lowest BCUT2D eigenvalue weighted by Gasteiger charge is -2.31. The van der Waals surface area contributed by atoms with Crippen LogP contribution in [0.1, 0.15) is 49.9 Å². The largest absolute Gasteiger partial charge is 0.351 e. The lowest BCUT2D eigenvalue weighted by atomic mass is 9.77. The zero-order valence-corrected chi connectivity index (χ0v) is 13.5. The van der Waals surface area contributed by atoms with Gasteiger partial charge in [0.05, 0.1) is 5.56 Å². The summed E-state index contributed by atoms with van der Waals surface area (Å²) in [5.41, 5.74) is 2.00. The Morgan fingerprint density at radius 2 is 2.14 bits per heavy atom. The molecule has 0 unspecified atom stereocenters. The summed E-state index contributed by atoms with van der Waals surface area (Å²) in [7, 11) is 1.78. The highest BCUT2D eigenvalue weighted by molar-refractivity contribution is 5.96. The van der Waals surface area contributed by atoms with E-state index in [1.165, 1.54) is 25.7 Å². The maximum atomic E-state index is 12.4. The van der Waals surface area contributed by atoms with Gasteiger partial charge in [0.2, 0.25) is 0 Å². The van der Waals surface area contributed by atoms with E-state index in [1.807, 2.05) is 0 Å². The zero-order valence-electron chi connectivity index (χ0n) is 13.5. The molecule has 0 saturated heterocycles. The van der Waals surface area contributed by atoms with Crippen molar-refractivity contribution in [3.8, 4) is 0 Å². The van der Waals surface area contributed by atoms with Crippen LogP contribution in [-0.4, -0.2) is 32.4 Å². The van der Waals surface area contributed by atoms with E-state index >= 15 is 0 Å². The van der Waals surface area contributed by atoms with Crippen LogP contribution in [0.4, 0.5) is 0 Å². The van der Waals surface area contributed by atoms with Gasteiger partial charge in [-0.05, 0) is 30.2 Å². The third-order valence-electron chi connectivity index (χ3n) is 4.87.